The van der Waals surface area contributed by atoms with Crippen LogP contribution in [0, 0.1) is 5.92 Å². The largest absolute Gasteiger partial charge is 0.691 e. The van der Waals surface area contributed by atoms with Crippen LogP contribution >= 0.6 is 12.0 Å². The fraction of sp³-hybridized carbons (Fsp3) is 0.857. The van der Waals surface area contributed by atoms with Crippen molar-refractivity contribution < 1.29 is 29.6 Å². The average molecular weight is 223 g/mol. The van der Waals surface area contributed by atoms with Crippen LogP contribution in [-0.2, 0) is 14.2 Å². The van der Waals surface area contributed by atoms with Gasteiger partial charge in [-0.3, -0.25) is 9.83 Å². The fourth-order valence-corrected chi connectivity index (χ4v) is 2.20. The van der Waals surface area contributed by atoms with E-state index in [1.54, 1.807) is 0 Å². The van der Waals surface area contributed by atoms with E-state index in [1.807, 2.05) is 0 Å². The molecule has 0 heterocycles. The second-order valence-corrected chi connectivity index (χ2v) is 4.17. The third-order valence-electron chi connectivity index (χ3n) is 2.29. The van der Waals surface area contributed by atoms with Crippen molar-refractivity contribution in [2.45, 2.75) is 30.6 Å². The summed E-state index contributed by atoms with van der Waals surface area (Å²) in [5.41, 5.74) is 0. The first-order valence-corrected chi connectivity index (χ1v) is 4.98. The Morgan fingerprint density at radius 3 is 2.79 bits per heavy atom. The molecule has 0 saturated heterocycles. The Morgan fingerprint density at radius 1 is 1.50 bits per heavy atom. The zero-order valence-corrected chi connectivity index (χ0v) is 8.11. The van der Waals surface area contributed by atoms with Crippen molar-refractivity contribution in [2.75, 3.05) is 0 Å². The first-order valence-electron chi connectivity index (χ1n) is 4.18. The molecule has 1 aliphatic carbocycles. The summed E-state index contributed by atoms with van der Waals surface area (Å²) in [6.45, 7) is 0. The SMILES string of the molecule is O=C(O)C1CC(SOO[O-])CCC1O. The minimum absolute atomic E-state index is 0.117. The van der Waals surface area contributed by atoms with Crippen molar-refractivity contribution in [3.63, 3.8) is 0 Å². The van der Waals surface area contributed by atoms with Crippen LogP contribution < -0.4 is 5.26 Å². The summed E-state index contributed by atoms with van der Waals surface area (Å²) in [6, 6.07) is 0. The van der Waals surface area contributed by atoms with Gasteiger partial charge in [-0.05, 0) is 19.3 Å². The van der Waals surface area contributed by atoms with Gasteiger partial charge in [-0.2, -0.15) is 4.33 Å². The van der Waals surface area contributed by atoms with E-state index in [2.05, 4.69) is 9.37 Å². The number of hydrogen-bond donors (Lipinski definition) is 2. The lowest BCUT2D eigenvalue weighted by atomic mass is 9.86. The Morgan fingerprint density at radius 2 is 2.21 bits per heavy atom. The summed E-state index contributed by atoms with van der Waals surface area (Å²) in [4.78, 5) is 10.7. The highest BCUT2D eigenvalue weighted by Crippen LogP contribution is 2.32. The molecule has 0 aromatic heterocycles. The summed E-state index contributed by atoms with van der Waals surface area (Å²) in [6.07, 6.45) is 0.484. The molecule has 1 rings (SSSR count). The molecule has 0 aromatic rings. The highest BCUT2D eigenvalue weighted by atomic mass is 32.2. The van der Waals surface area contributed by atoms with E-state index in [9.17, 15) is 15.2 Å². The lowest BCUT2D eigenvalue weighted by Crippen LogP contribution is -2.35. The Hall–Kier alpha value is -0.340. The predicted molar refractivity (Wildman–Crippen MR) is 44.5 cm³/mol. The minimum atomic E-state index is -1.02. The van der Waals surface area contributed by atoms with Crippen molar-refractivity contribution in [2.24, 2.45) is 5.92 Å². The van der Waals surface area contributed by atoms with Gasteiger partial charge in [0.05, 0.1) is 12.0 Å². The zero-order chi connectivity index (χ0) is 10.6. The molecule has 6 nitrogen and oxygen atoms in total. The summed E-state index contributed by atoms with van der Waals surface area (Å²) in [5, 5.41) is 30.7. The quantitative estimate of drug-likeness (QED) is 0.375. The first-order chi connectivity index (χ1) is 6.65. The van der Waals surface area contributed by atoms with Crippen LogP contribution in [0.2, 0.25) is 0 Å². The van der Waals surface area contributed by atoms with Gasteiger partial charge >= 0.3 is 5.97 Å². The van der Waals surface area contributed by atoms with Crippen molar-refractivity contribution in [1.29, 1.82) is 0 Å². The van der Waals surface area contributed by atoms with Gasteiger partial charge in [0.15, 0.2) is 0 Å². The van der Waals surface area contributed by atoms with Crippen molar-refractivity contribution in [3.8, 4) is 0 Å². The number of hydrogen-bond acceptors (Lipinski definition) is 6. The number of rotatable bonds is 4. The average Bonchev–Trinajstić information content (AvgIpc) is 2.16. The molecule has 82 valence electrons. The molecule has 14 heavy (non-hydrogen) atoms. The van der Waals surface area contributed by atoms with Crippen molar-refractivity contribution >= 4 is 18.0 Å². The van der Waals surface area contributed by atoms with Crippen LogP contribution in [0.15, 0.2) is 0 Å². The number of aliphatic carboxylic acids is 1. The normalized spacial score (nSPS) is 32.9. The van der Waals surface area contributed by atoms with E-state index in [-0.39, 0.29) is 11.7 Å². The van der Waals surface area contributed by atoms with Gasteiger partial charge in [-0.15, -0.1) is 0 Å². The van der Waals surface area contributed by atoms with Gasteiger partial charge in [0.2, 0.25) is 0 Å². The Bertz CT molecular complexity index is 197. The molecule has 0 radical (unpaired) electrons. The van der Waals surface area contributed by atoms with E-state index >= 15 is 0 Å². The maximum absolute atomic E-state index is 10.7. The zero-order valence-electron chi connectivity index (χ0n) is 7.29. The van der Waals surface area contributed by atoms with Crippen LogP contribution in [0.3, 0.4) is 0 Å². The van der Waals surface area contributed by atoms with Gasteiger partial charge in [-0.25, -0.2) is 0 Å². The molecule has 7 heteroatoms. The van der Waals surface area contributed by atoms with E-state index in [0.29, 0.717) is 12.8 Å². The molecule has 0 aliphatic heterocycles. The van der Waals surface area contributed by atoms with Crippen LogP contribution in [0.25, 0.3) is 0 Å². The fourth-order valence-electron chi connectivity index (χ4n) is 1.54. The van der Waals surface area contributed by atoms with Gasteiger partial charge in [0, 0.05) is 17.3 Å². The monoisotopic (exact) mass is 223 g/mol. The van der Waals surface area contributed by atoms with E-state index in [0.717, 1.165) is 12.0 Å². The maximum Gasteiger partial charge on any atom is 0.309 e. The van der Waals surface area contributed by atoms with Crippen LogP contribution in [0.4, 0.5) is 0 Å². The summed E-state index contributed by atoms with van der Waals surface area (Å²) in [7, 11) is 0. The molecule has 1 aliphatic rings. The molecule has 0 amide bonds. The summed E-state index contributed by atoms with van der Waals surface area (Å²) >= 11 is 0.811. The Kier molecular flexibility index (Phi) is 4.63. The first kappa shape index (κ1) is 11.7. The third kappa shape index (κ3) is 3.10. The number of aliphatic hydroxyl groups is 1. The van der Waals surface area contributed by atoms with Crippen LogP contribution in [-0.4, -0.2) is 27.5 Å². The molecule has 0 aromatic carbocycles. The molecule has 1 fully saturated rings. The van der Waals surface area contributed by atoms with Crippen molar-refractivity contribution in [1.82, 2.24) is 0 Å². The molecule has 3 unspecified atom stereocenters. The van der Waals surface area contributed by atoms with Gasteiger partial charge in [0.25, 0.3) is 0 Å². The summed E-state index contributed by atoms with van der Waals surface area (Å²) < 4.78 is 4.12. The maximum atomic E-state index is 10.7. The lowest BCUT2D eigenvalue weighted by Gasteiger charge is -2.29. The third-order valence-corrected chi connectivity index (χ3v) is 3.12. The second-order valence-electron chi connectivity index (χ2n) is 3.18. The van der Waals surface area contributed by atoms with E-state index < -0.39 is 18.0 Å². The van der Waals surface area contributed by atoms with Gasteiger partial charge in [-0.1, -0.05) is 0 Å². The smallest absolute Gasteiger partial charge is 0.309 e. The predicted octanol–water partition coefficient (Wildman–Crippen LogP) is -0.528. The van der Waals surface area contributed by atoms with E-state index in [4.69, 9.17) is 5.11 Å². The van der Waals surface area contributed by atoms with Crippen molar-refractivity contribution in [3.05, 3.63) is 0 Å². The molecule has 0 spiro atoms. The molecular formula is C7H11O6S-. The highest BCUT2D eigenvalue weighted by Gasteiger charge is 2.34. The number of carboxylic acid groups (broad SMARTS) is 1. The standard InChI is InChI=1S/C7H12O6S/c8-6-2-1-4(14-13-12-11)3-5(6)7(9)10/h4-6,8,11H,1-3H2,(H,9,10)/p-1. The van der Waals surface area contributed by atoms with Gasteiger partial charge in [0.1, 0.15) is 0 Å². The number of aliphatic hydroxyl groups excluding tert-OH is 1. The van der Waals surface area contributed by atoms with Gasteiger partial charge < -0.3 is 15.5 Å². The Balaban J connectivity index is 2.41. The van der Waals surface area contributed by atoms with Crippen LogP contribution in [0.1, 0.15) is 19.3 Å². The Labute approximate surface area is 84.9 Å². The summed E-state index contributed by atoms with van der Waals surface area (Å²) in [5.74, 6) is -1.80. The molecule has 3 atom stereocenters. The number of carbonyl (C=O) groups is 1. The van der Waals surface area contributed by atoms with E-state index in [1.165, 1.54) is 0 Å². The van der Waals surface area contributed by atoms with Crippen LogP contribution in [0.5, 0.6) is 0 Å². The highest BCUT2D eigenvalue weighted by molar-refractivity contribution is 7.95. The molecular weight excluding hydrogens is 212 g/mol. The molecule has 2 N–H and O–H groups in total. The lowest BCUT2D eigenvalue weighted by molar-refractivity contribution is -0.777. The second kappa shape index (κ2) is 5.52. The number of carboxylic acids is 1. The topological polar surface area (TPSA) is 99.1 Å². The molecule has 0 bridgehead atoms. The minimum Gasteiger partial charge on any atom is -0.691 e. The molecule has 1 saturated carbocycles.